The highest BCUT2D eigenvalue weighted by Crippen LogP contribution is 2.25. The van der Waals surface area contributed by atoms with Crippen molar-refractivity contribution in [1.82, 2.24) is 0 Å². The molecule has 3 heteroatoms. The van der Waals surface area contributed by atoms with Gasteiger partial charge in [-0.1, -0.05) is 41.4 Å². The van der Waals surface area contributed by atoms with Crippen molar-refractivity contribution in [3.8, 4) is 0 Å². The zero-order chi connectivity index (χ0) is 14.1. The van der Waals surface area contributed by atoms with Crippen LogP contribution in [-0.4, -0.2) is 5.78 Å². The molecule has 0 saturated carbocycles. The van der Waals surface area contributed by atoms with Crippen molar-refractivity contribution in [2.24, 2.45) is 0 Å². The Hall–Kier alpha value is -1.31. The molecule has 0 atom stereocenters. The fraction of sp³-hybridized carbons (Fsp3) is 0.235. The minimum Gasteiger partial charge on any atom is -0.294 e. The number of Topliss-reactive ketones (excluding diaryl/α,β-unsaturated/α-hetero) is 1. The number of hydrogen-bond acceptors (Lipinski definition) is 1. The molecule has 102 valence electrons. The van der Waals surface area contributed by atoms with Crippen LogP contribution >= 0.6 is 23.2 Å². The molecule has 20 heavy (non-hydrogen) atoms. The van der Waals surface area contributed by atoms with E-state index in [0.29, 0.717) is 22.0 Å². The van der Waals surface area contributed by atoms with E-state index in [2.05, 4.69) is 12.1 Å². The zero-order valence-electron chi connectivity index (χ0n) is 11.0. The van der Waals surface area contributed by atoms with Crippen molar-refractivity contribution in [3.05, 3.63) is 68.7 Å². The van der Waals surface area contributed by atoms with Gasteiger partial charge < -0.3 is 0 Å². The monoisotopic (exact) mass is 304 g/mol. The first-order chi connectivity index (χ1) is 9.63. The number of benzene rings is 2. The topological polar surface area (TPSA) is 17.1 Å². The quantitative estimate of drug-likeness (QED) is 0.737. The number of ketones is 1. The van der Waals surface area contributed by atoms with Crippen LogP contribution in [0.1, 0.15) is 33.5 Å². The highest BCUT2D eigenvalue weighted by Gasteiger charge is 2.15. The number of fused-ring (bicyclic) bond motifs is 1. The van der Waals surface area contributed by atoms with Gasteiger partial charge in [-0.25, -0.2) is 0 Å². The molecular weight excluding hydrogens is 291 g/mol. The SMILES string of the molecule is O=C(Cc1ccc2c(c1)CCC2)c1cc(Cl)ccc1Cl. The summed E-state index contributed by atoms with van der Waals surface area (Å²) in [6, 6.07) is 11.3. The second-order valence-electron chi connectivity index (χ2n) is 5.18. The van der Waals surface area contributed by atoms with E-state index in [9.17, 15) is 4.79 Å². The van der Waals surface area contributed by atoms with Crippen molar-refractivity contribution in [2.45, 2.75) is 25.7 Å². The maximum Gasteiger partial charge on any atom is 0.168 e. The summed E-state index contributed by atoms with van der Waals surface area (Å²) in [6.45, 7) is 0. The highest BCUT2D eigenvalue weighted by molar-refractivity contribution is 6.35. The first-order valence-corrected chi connectivity index (χ1v) is 7.48. The summed E-state index contributed by atoms with van der Waals surface area (Å²) in [4.78, 5) is 12.3. The second kappa shape index (κ2) is 5.59. The molecule has 0 radical (unpaired) electrons. The number of carbonyl (C=O) groups is 1. The Morgan fingerprint density at radius 2 is 1.80 bits per heavy atom. The van der Waals surface area contributed by atoms with Crippen LogP contribution in [0.2, 0.25) is 10.0 Å². The predicted molar refractivity (Wildman–Crippen MR) is 83.0 cm³/mol. The van der Waals surface area contributed by atoms with Crippen LogP contribution in [0.5, 0.6) is 0 Å². The summed E-state index contributed by atoms with van der Waals surface area (Å²) in [5.74, 6) is 0.00967. The zero-order valence-corrected chi connectivity index (χ0v) is 12.5. The van der Waals surface area contributed by atoms with Gasteiger partial charge in [0.25, 0.3) is 0 Å². The van der Waals surface area contributed by atoms with Gasteiger partial charge in [0.1, 0.15) is 0 Å². The Morgan fingerprint density at radius 1 is 1.00 bits per heavy atom. The van der Waals surface area contributed by atoms with E-state index in [4.69, 9.17) is 23.2 Å². The molecule has 2 aromatic rings. The molecule has 3 rings (SSSR count). The molecule has 0 spiro atoms. The first kappa shape index (κ1) is 13.7. The van der Waals surface area contributed by atoms with Gasteiger partial charge in [-0.2, -0.15) is 0 Å². The van der Waals surface area contributed by atoms with Crippen LogP contribution in [-0.2, 0) is 19.3 Å². The van der Waals surface area contributed by atoms with Gasteiger partial charge in [0.2, 0.25) is 0 Å². The standard InChI is InChI=1S/C17H14Cl2O/c18-14-6-7-16(19)15(10-14)17(20)9-11-4-5-12-2-1-3-13(12)8-11/h4-8,10H,1-3,9H2. The van der Waals surface area contributed by atoms with E-state index < -0.39 is 0 Å². The minimum absolute atomic E-state index is 0.00967. The molecule has 0 fully saturated rings. The van der Waals surface area contributed by atoms with Crippen LogP contribution in [0.25, 0.3) is 0 Å². The summed E-state index contributed by atoms with van der Waals surface area (Å²) in [5.41, 5.74) is 4.35. The molecule has 0 bridgehead atoms. The Bertz CT molecular complexity index is 677. The Balaban J connectivity index is 1.84. The summed E-state index contributed by atoms with van der Waals surface area (Å²) in [7, 11) is 0. The fourth-order valence-electron chi connectivity index (χ4n) is 2.73. The number of aryl methyl sites for hydroxylation is 2. The highest BCUT2D eigenvalue weighted by atomic mass is 35.5. The van der Waals surface area contributed by atoms with E-state index in [1.165, 1.54) is 17.5 Å². The van der Waals surface area contributed by atoms with Crippen LogP contribution in [0.15, 0.2) is 36.4 Å². The van der Waals surface area contributed by atoms with Gasteiger partial charge in [-0.15, -0.1) is 0 Å². The van der Waals surface area contributed by atoms with Crippen molar-refractivity contribution in [1.29, 1.82) is 0 Å². The third-order valence-corrected chi connectivity index (χ3v) is 4.32. The molecule has 1 aliphatic carbocycles. The van der Waals surface area contributed by atoms with Gasteiger partial charge in [-0.05, 0) is 54.2 Å². The third-order valence-electron chi connectivity index (χ3n) is 3.76. The first-order valence-electron chi connectivity index (χ1n) is 6.72. The van der Waals surface area contributed by atoms with Gasteiger partial charge in [0, 0.05) is 17.0 Å². The van der Waals surface area contributed by atoms with E-state index in [1.807, 2.05) is 6.07 Å². The molecule has 0 amide bonds. The lowest BCUT2D eigenvalue weighted by Gasteiger charge is -2.06. The smallest absolute Gasteiger partial charge is 0.168 e. The number of rotatable bonds is 3. The normalized spacial score (nSPS) is 13.3. The average Bonchev–Trinajstić information content (AvgIpc) is 2.89. The fourth-order valence-corrected chi connectivity index (χ4v) is 3.12. The molecule has 1 nitrogen and oxygen atoms in total. The second-order valence-corrected chi connectivity index (χ2v) is 6.02. The molecule has 0 aliphatic heterocycles. The van der Waals surface area contributed by atoms with Crippen molar-refractivity contribution >= 4 is 29.0 Å². The molecule has 0 heterocycles. The number of hydrogen-bond donors (Lipinski definition) is 0. The molecule has 0 aromatic heterocycles. The van der Waals surface area contributed by atoms with Gasteiger partial charge in [0.05, 0.1) is 5.02 Å². The van der Waals surface area contributed by atoms with E-state index in [1.54, 1.807) is 18.2 Å². The summed E-state index contributed by atoms with van der Waals surface area (Å²) in [5, 5.41) is 0.993. The lowest BCUT2D eigenvalue weighted by molar-refractivity contribution is 0.0993. The molecule has 2 aromatic carbocycles. The molecule has 1 aliphatic rings. The van der Waals surface area contributed by atoms with Crippen LogP contribution in [0, 0.1) is 0 Å². The Labute approximate surface area is 128 Å². The summed E-state index contributed by atoms with van der Waals surface area (Å²) in [6.07, 6.45) is 3.86. The van der Waals surface area contributed by atoms with Crippen molar-refractivity contribution < 1.29 is 4.79 Å². The lowest BCUT2D eigenvalue weighted by atomic mass is 9.99. The average molecular weight is 305 g/mol. The third kappa shape index (κ3) is 2.74. The van der Waals surface area contributed by atoms with Crippen molar-refractivity contribution in [2.75, 3.05) is 0 Å². The maximum absolute atomic E-state index is 12.3. The molecular formula is C17H14Cl2O. The predicted octanol–water partition coefficient (Wildman–Crippen LogP) is 4.91. The van der Waals surface area contributed by atoms with Crippen molar-refractivity contribution in [3.63, 3.8) is 0 Å². The van der Waals surface area contributed by atoms with E-state index >= 15 is 0 Å². The van der Waals surface area contributed by atoms with Crippen LogP contribution in [0.3, 0.4) is 0 Å². The largest absolute Gasteiger partial charge is 0.294 e. The lowest BCUT2D eigenvalue weighted by Crippen LogP contribution is -2.05. The summed E-state index contributed by atoms with van der Waals surface area (Å²) < 4.78 is 0. The minimum atomic E-state index is 0.00967. The van der Waals surface area contributed by atoms with Gasteiger partial charge in [0.15, 0.2) is 5.78 Å². The van der Waals surface area contributed by atoms with Crippen LogP contribution < -0.4 is 0 Å². The van der Waals surface area contributed by atoms with Crippen LogP contribution in [0.4, 0.5) is 0 Å². The number of halogens is 2. The van der Waals surface area contributed by atoms with Gasteiger partial charge >= 0.3 is 0 Å². The Kier molecular flexibility index (Phi) is 3.82. The Morgan fingerprint density at radius 3 is 2.65 bits per heavy atom. The van der Waals surface area contributed by atoms with Gasteiger partial charge in [-0.3, -0.25) is 4.79 Å². The van der Waals surface area contributed by atoms with E-state index in [-0.39, 0.29) is 5.78 Å². The summed E-state index contributed by atoms with van der Waals surface area (Å²) >= 11 is 12.0. The van der Waals surface area contributed by atoms with E-state index in [0.717, 1.165) is 18.4 Å². The number of carbonyl (C=O) groups excluding carboxylic acids is 1. The maximum atomic E-state index is 12.3. The molecule has 0 unspecified atom stereocenters. The molecule has 0 saturated heterocycles. The molecule has 0 N–H and O–H groups in total.